The molecule has 1 aliphatic rings. The second-order valence-electron chi connectivity index (χ2n) is 7.89. The van der Waals surface area contributed by atoms with Gasteiger partial charge < -0.3 is 10.1 Å². The first-order valence-electron chi connectivity index (χ1n) is 10.8. The van der Waals surface area contributed by atoms with Crippen molar-refractivity contribution < 1.29 is 9.53 Å². The number of benzene rings is 2. The van der Waals surface area contributed by atoms with Crippen molar-refractivity contribution in [3.05, 3.63) is 75.4 Å². The van der Waals surface area contributed by atoms with Gasteiger partial charge in [0.25, 0.3) is 5.56 Å². The number of hydrogen-bond donors (Lipinski definition) is 1. The minimum absolute atomic E-state index is 0.0616. The van der Waals surface area contributed by atoms with Crippen molar-refractivity contribution in [2.45, 2.75) is 36.6 Å². The number of amides is 1. The van der Waals surface area contributed by atoms with Crippen LogP contribution in [0, 0.1) is 0 Å². The van der Waals surface area contributed by atoms with Crippen LogP contribution in [0.2, 0.25) is 0 Å². The van der Waals surface area contributed by atoms with Crippen LogP contribution in [-0.4, -0.2) is 27.8 Å². The molecule has 8 heteroatoms. The molecular weight excluding hydrogens is 454 g/mol. The van der Waals surface area contributed by atoms with E-state index in [9.17, 15) is 9.59 Å². The van der Waals surface area contributed by atoms with Gasteiger partial charge in [0.2, 0.25) is 5.91 Å². The van der Waals surface area contributed by atoms with E-state index in [4.69, 9.17) is 9.72 Å². The van der Waals surface area contributed by atoms with Gasteiger partial charge >= 0.3 is 0 Å². The summed E-state index contributed by atoms with van der Waals surface area (Å²) < 4.78 is 6.88. The average molecular weight is 478 g/mol. The molecule has 0 saturated carbocycles. The first-order valence-corrected chi connectivity index (χ1v) is 12.5. The second kappa shape index (κ2) is 9.03. The zero-order valence-corrected chi connectivity index (χ0v) is 20.0. The molecule has 0 unspecified atom stereocenters. The lowest BCUT2D eigenvalue weighted by Crippen LogP contribution is -2.26. The van der Waals surface area contributed by atoms with E-state index in [-0.39, 0.29) is 11.5 Å². The highest BCUT2D eigenvalue weighted by Gasteiger charge is 2.25. The number of anilines is 1. The zero-order valence-electron chi connectivity index (χ0n) is 18.3. The monoisotopic (exact) mass is 477 g/mol. The second-order valence-corrected chi connectivity index (χ2v) is 10.3. The first kappa shape index (κ1) is 21.7. The maximum absolute atomic E-state index is 13.7. The molecule has 5 rings (SSSR count). The number of aromatic nitrogens is 2. The largest absolute Gasteiger partial charge is 0.497 e. The van der Waals surface area contributed by atoms with Crippen LogP contribution in [-0.2, 0) is 17.6 Å². The molecule has 1 atom stereocenters. The number of aryl methyl sites for hydroxylation is 2. The molecule has 0 radical (unpaired) electrons. The molecule has 1 amide bonds. The fraction of sp³-hybridized carbons (Fsp3) is 0.240. The van der Waals surface area contributed by atoms with Gasteiger partial charge in [0.05, 0.1) is 23.4 Å². The Morgan fingerprint density at radius 2 is 2.00 bits per heavy atom. The summed E-state index contributed by atoms with van der Waals surface area (Å²) in [5.41, 5.74) is 2.49. The first-order chi connectivity index (χ1) is 16.0. The number of methoxy groups -OCH3 is 1. The van der Waals surface area contributed by atoms with E-state index in [2.05, 4.69) is 5.32 Å². The highest BCUT2D eigenvalue weighted by Crippen LogP contribution is 2.36. The smallest absolute Gasteiger partial charge is 0.267 e. The van der Waals surface area contributed by atoms with E-state index in [1.165, 1.54) is 16.6 Å². The Morgan fingerprint density at radius 3 is 2.79 bits per heavy atom. The number of carbonyl (C=O) groups excluding carboxylic acids is 1. The van der Waals surface area contributed by atoms with Crippen molar-refractivity contribution >= 4 is 44.9 Å². The molecule has 6 nitrogen and oxygen atoms in total. The van der Waals surface area contributed by atoms with Crippen LogP contribution in [0.4, 0.5) is 5.69 Å². The van der Waals surface area contributed by atoms with Gasteiger partial charge in [-0.25, -0.2) is 4.98 Å². The number of fused-ring (bicyclic) bond motifs is 3. The van der Waals surface area contributed by atoms with Crippen molar-refractivity contribution in [2.24, 2.45) is 0 Å². The van der Waals surface area contributed by atoms with E-state index < -0.39 is 5.25 Å². The standard InChI is InChI=1S/C25H23N3O3S2/c1-15(22(29)26-16-8-6-11-18(14-16)31-2)32-25-27-23-21(19-12-7-13-20(19)33-23)24(30)28(25)17-9-4-3-5-10-17/h3-6,8-11,14-15H,7,12-13H2,1-2H3,(H,26,29)/t15-/m1/s1. The predicted molar refractivity (Wildman–Crippen MR) is 134 cm³/mol. The molecule has 33 heavy (non-hydrogen) atoms. The highest BCUT2D eigenvalue weighted by molar-refractivity contribution is 8.00. The summed E-state index contributed by atoms with van der Waals surface area (Å²) in [6.45, 7) is 1.82. The third-order valence-corrected chi connectivity index (χ3v) is 7.95. The molecule has 0 fully saturated rings. The molecule has 0 aliphatic heterocycles. The Bertz CT molecular complexity index is 1400. The normalized spacial score (nSPS) is 13.6. The number of rotatable bonds is 6. The molecule has 0 bridgehead atoms. The number of nitrogens with one attached hydrogen (secondary N) is 1. The third kappa shape index (κ3) is 4.16. The molecule has 2 heterocycles. The van der Waals surface area contributed by atoms with Gasteiger partial charge in [-0.2, -0.15) is 0 Å². The fourth-order valence-corrected chi connectivity index (χ4v) is 6.29. The van der Waals surface area contributed by atoms with Gasteiger partial charge in [-0.3, -0.25) is 14.2 Å². The summed E-state index contributed by atoms with van der Waals surface area (Å²) in [4.78, 5) is 33.5. The van der Waals surface area contributed by atoms with E-state index in [0.29, 0.717) is 16.6 Å². The van der Waals surface area contributed by atoms with E-state index in [1.54, 1.807) is 29.1 Å². The van der Waals surface area contributed by atoms with E-state index in [0.717, 1.165) is 40.7 Å². The van der Waals surface area contributed by atoms with Crippen LogP contribution >= 0.6 is 23.1 Å². The van der Waals surface area contributed by atoms with Gasteiger partial charge in [-0.1, -0.05) is 36.0 Å². The number of nitrogens with zero attached hydrogens (tertiary/aromatic N) is 2. The number of carbonyl (C=O) groups is 1. The fourth-order valence-electron chi connectivity index (χ4n) is 4.06. The molecular formula is C25H23N3O3S2. The lowest BCUT2D eigenvalue weighted by Gasteiger charge is -2.16. The Hall–Kier alpha value is -3.10. The SMILES string of the molecule is COc1cccc(NC(=O)[C@@H](C)Sc2nc3sc4c(c3c(=O)n2-c2ccccc2)CCC4)c1. The molecule has 4 aromatic rings. The molecule has 0 saturated heterocycles. The summed E-state index contributed by atoms with van der Waals surface area (Å²) >= 11 is 2.90. The summed E-state index contributed by atoms with van der Waals surface area (Å²) in [5.74, 6) is 0.500. The Balaban J connectivity index is 1.51. The number of para-hydroxylation sites is 1. The van der Waals surface area contributed by atoms with Crippen molar-refractivity contribution in [1.29, 1.82) is 0 Å². The predicted octanol–water partition coefficient (Wildman–Crippen LogP) is 5.06. The summed E-state index contributed by atoms with van der Waals surface area (Å²) in [6, 6.07) is 16.7. The lowest BCUT2D eigenvalue weighted by molar-refractivity contribution is -0.115. The van der Waals surface area contributed by atoms with Crippen molar-refractivity contribution in [3.63, 3.8) is 0 Å². The van der Waals surface area contributed by atoms with E-state index in [1.807, 2.05) is 55.5 Å². The minimum atomic E-state index is -0.470. The number of ether oxygens (including phenoxy) is 1. The van der Waals surface area contributed by atoms with Crippen molar-refractivity contribution in [3.8, 4) is 11.4 Å². The number of thiophene rings is 1. The topological polar surface area (TPSA) is 73.2 Å². The number of thioether (sulfide) groups is 1. The van der Waals surface area contributed by atoms with Gasteiger partial charge in [-0.05, 0) is 56.0 Å². The summed E-state index contributed by atoms with van der Waals surface area (Å²) in [7, 11) is 1.59. The molecule has 2 aromatic carbocycles. The van der Waals surface area contributed by atoms with Crippen molar-refractivity contribution in [2.75, 3.05) is 12.4 Å². The molecule has 2 aromatic heterocycles. The molecule has 168 valence electrons. The van der Waals surface area contributed by atoms with Crippen molar-refractivity contribution in [1.82, 2.24) is 9.55 Å². The van der Waals surface area contributed by atoms with Crippen LogP contribution in [0.25, 0.3) is 15.9 Å². The van der Waals surface area contributed by atoms with Gasteiger partial charge in [0.15, 0.2) is 5.16 Å². The third-order valence-electron chi connectivity index (χ3n) is 5.71. The Morgan fingerprint density at radius 1 is 1.18 bits per heavy atom. The van der Waals surface area contributed by atoms with Crippen LogP contribution in [0.3, 0.4) is 0 Å². The quantitative estimate of drug-likeness (QED) is 0.310. The van der Waals surface area contributed by atoms with E-state index >= 15 is 0 Å². The van der Waals surface area contributed by atoms with Gasteiger partial charge in [0, 0.05) is 16.6 Å². The van der Waals surface area contributed by atoms with Gasteiger partial charge in [-0.15, -0.1) is 11.3 Å². The zero-order chi connectivity index (χ0) is 22.9. The number of hydrogen-bond acceptors (Lipinski definition) is 6. The molecule has 0 spiro atoms. The summed E-state index contributed by atoms with van der Waals surface area (Å²) in [5, 5.41) is 3.71. The summed E-state index contributed by atoms with van der Waals surface area (Å²) in [6.07, 6.45) is 3.01. The van der Waals surface area contributed by atoms with Crippen LogP contribution < -0.4 is 15.6 Å². The molecule has 1 aliphatic carbocycles. The molecule has 1 N–H and O–H groups in total. The lowest BCUT2D eigenvalue weighted by atomic mass is 10.2. The maximum atomic E-state index is 13.7. The maximum Gasteiger partial charge on any atom is 0.267 e. The Labute approximate surface area is 199 Å². The van der Waals surface area contributed by atoms with Crippen LogP contribution in [0.5, 0.6) is 5.75 Å². The Kier molecular flexibility index (Phi) is 5.95. The van der Waals surface area contributed by atoms with Crippen LogP contribution in [0.1, 0.15) is 23.8 Å². The van der Waals surface area contributed by atoms with Crippen LogP contribution in [0.15, 0.2) is 64.5 Å². The van der Waals surface area contributed by atoms with Gasteiger partial charge in [0.1, 0.15) is 10.6 Å². The average Bonchev–Trinajstić information content (AvgIpc) is 3.41. The highest BCUT2D eigenvalue weighted by atomic mass is 32.2. The minimum Gasteiger partial charge on any atom is -0.497 e.